The molecule has 1 rings (SSSR count). The quantitative estimate of drug-likeness (QED) is 0.346. The second-order valence-electron chi connectivity index (χ2n) is 1.49. The Morgan fingerprint density at radius 2 is 2.50 bits per heavy atom. The Kier molecular flexibility index (Phi) is 1.78. The molecule has 10 heavy (non-hydrogen) atoms. The van der Waals surface area contributed by atoms with Gasteiger partial charge in [-0.15, -0.1) is 0 Å². The van der Waals surface area contributed by atoms with Crippen LogP contribution in [0.1, 0.15) is 10.6 Å². The third-order valence-electron chi connectivity index (χ3n) is 0.878. The average molecular weight is 135 g/mol. The Morgan fingerprint density at radius 3 is 3.00 bits per heavy atom. The van der Waals surface area contributed by atoms with Gasteiger partial charge in [0.15, 0.2) is 5.82 Å². The van der Waals surface area contributed by atoms with Crippen molar-refractivity contribution >= 4 is 11.7 Å². The first kappa shape index (κ1) is 6.45. The summed E-state index contributed by atoms with van der Waals surface area (Å²) in [6.45, 7) is 0. The predicted molar refractivity (Wildman–Crippen MR) is 31.9 cm³/mol. The van der Waals surface area contributed by atoms with E-state index >= 15 is 0 Å². The standard InChI is InChI=1S/C6H3N2O2/c9-4-1-5(10)6-7-2-3-8-6/h2-3H,(H,7,8). The summed E-state index contributed by atoms with van der Waals surface area (Å²) < 4.78 is 0. The number of hydrogen-bond acceptors (Lipinski definition) is 3. The number of allylic oxidation sites excluding steroid dienone is 1. The second-order valence-corrected chi connectivity index (χ2v) is 1.49. The van der Waals surface area contributed by atoms with Crippen molar-refractivity contribution in [3.8, 4) is 0 Å². The van der Waals surface area contributed by atoms with Gasteiger partial charge in [0.2, 0.25) is 5.78 Å². The fraction of sp³-hybridized carbons (Fsp3) is 0. The van der Waals surface area contributed by atoms with E-state index in [1.165, 1.54) is 18.3 Å². The summed E-state index contributed by atoms with van der Waals surface area (Å²) in [5, 5.41) is 0. The highest BCUT2D eigenvalue weighted by atomic mass is 16.1. The molecule has 0 bridgehead atoms. The van der Waals surface area contributed by atoms with Crippen LogP contribution in [0.15, 0.2) is 12.4 Å². The van der Waals surface area contributed by atoms with Crippen molar-refractivity contribution in [1.82, 2.24) is 9.97 Å². The van der Waals surface area contributed by atoms with Crippen molar-refractivity contribution in [3.63, 3.8) is 0 Å². The van der Waals surface area contributed by atoms with Gasteiger partial charge < -0.3 is 4.98 Å². The topological polar surface area (TPSA) is 62.8 Å². The highest BCUT2D eigenvalue weighted by molar-refractivity contribution is 6.02. The molecule has 0 unspecified atom stereocenters. The molecule has 4 heteroatoms. The summed E-state index contributed by atoms with van der Waals surface area (Å²) in [7, 11) is 0. The van der Waals surface area contributed by atoms with Gasteiger partial charge in [-0.05, 0) is 0 Å². The minimum atomic E-state index is -0.583. The largest absolute Gasteiger partial charge is 0.342 e. The van der Waals surface area contributed by atoms with E-state index in [1.54, 1.807) is 0 Å². The lowest BCUT2D eigenvalue weighted by Gasteiger charge is -1.80. The number of nitrogens with zero attached hydrogens (tertiary/aromatic N) is 1. The summed E-state index contributed by atoms with van der Waals surface area (Å²) in [5.74, 6) is 0.763. The van der Waals surface area contributed by atoms with Crippen LogP contribution in [-0.4, -0.2) is 21.7 Å². The third-order valence-corrected chi connectivity index (χ3v) is 0.878. The molecule has 0 fully saturated rings. The highest BCUT2D eigenvalue weighted by Crippen LogP contribution is 1.88. The fourth-order valence-corrected chi connectivity index (χ4v) is 0.495. The minimum Gasteiger partial charge on any atom is -0.342 e. The van der Waals surface area contributed by atoms with Gasteiger partial charge in [-0.1, -0.05) is 0 Å². The van der Waals surface area contributed by atoms with E-state index in [1.807, 2.05) is 6.08 Å². The van der Waals surface area contributed by atoms with Crippen molar-refractivity contribution in [2.24, 2.45) is 0 Å². The third kappa shape index (κ3) is 1.18. The molecular formula is C6H3N2O2. The van der Waals surface area contributed by atoms with E-state index in [0.29, 0.717) is 0 Å². The summed E-state index contributed by atoms with van der Waals surface area (Å²) >= 11 is 0. The molecule has 1 heterocycles. The Labute approximate surface area is 56.6 Å². The molecule has 0 aliphatic heterocycles. The number of Topliss-reactive ketones (excluding diaryl/α,β-unsaturated/α-hetero) is 1. The van der Waals surface area contributed by atoms with E-state index < -0.39 is 5.78 Å². The van der Waals surface area contributed by atoms with E-state index in [-0.39, 0.29) is 5.82 Å². The van der Waals surface area contributed by atoms with Crippen LogP contribution >= 0.6 is 0 Å². The molecule has 0 amide bonds. The van der Waals surface area contributed by atoms with Gasteiger partial charge in [0, 0.05) is 12.4 Å². The Morgan fingerprint density at radius 1 is 1.70 bits per heavy atom. The number of carbonyl (C=O) groups excluding carboxylic acids is 2. The molecule has 4 nitrogen and oxygen atoms in total. The van der Waals surface area contributed by atoms with Gasteiger partial charge in [-0.2, -0.15) is 0 Å². The molecule has 1 N–H and O–H groups in total. The van der Waals surface area contributed by atoms with E-state index in [0.717, 1.165) is 0 Å². The van der Waals surface area contributed by atoms with Crippen LogP contribution in [0.3, 0.4) is 0 Å². The molecule has 0 saturated heterocycles. The predicted octanol–water partition coefficient (Wildman–Crippen LogP) is -0.217. The molecule has 0 aliphatic carbocycles. The maximum absolute atomic E-state index is 10.6. The van der Waals surface area contributed by atoms with Gasteiger partial charge in [-0.3, -0.25) is 4.79 Å². The van der Waals surface area contributed by atoms with Crippen LogP contribution in [-0.2, 0) is 4.79 Å². The van der Waals surface area contributed by atoms with Crippen molar-refractivity contribution in [2.45, 2.75) is 0 Å². The van der Waals surface area contributed by atoms with Crippen LogP contribution in [0.25, 0.3) is 0 Å². The number of rotatable bonds is 2. The molecule has 1 radical (unpaired) electrons. The van der Waals surface area contributed by atoms with Crippen molar-refractivity contribution in [3.05, 3.63) is 24.3 Å². The maximum atomic E-state index is 10.6. The second kappa shape index (κ2) is 2.75. The lowest BCUT2D eigenvalue weighted by atomic mass is 10.4. The molecule has 1 aromatic heterocycles. The first-order chi connectivity index (χ1) is 4.84. The zero-order valence-electron chi connectivity index (χ0n) is 4.92. The molecular weight excluding hydrogens is 132 g/mol. The fourth-order valence-electron chi connectivity index (χ4n) is 0.495. The molecule has 0 saturated carbocycles. The van der Waals surface area contributed by atoms with Crippen molar-refractivity contribution in [1.29, 1.82) is 0 Å². The number of ketones is 1. The smallest absolute Gasteiger partial charge is 0.240 e. The van der Waals surface area contributed by atoms with Crippen LogP contribution in [0.5, 0.6) is 0 Å². The summed E-state index contributed by atoms with van der Waals surface area (Å²) in [6, 6.07) is 0. The van der Waals surface area contributed by atoms with E-state index in [4.69, 9.17) is 0 Å². The highest BCUT2D eigenvalue weighted by Gasteiger charge is 2.02. The molecule has 1 aromatic rings. The van der Waals surface area contributed by atoms with Crippen molar-refractivity contribution < 1.29 is 9.59 Å². The summed E-state index contributed by atoms with van der Waals surface area (Å²) in [4.78, 5) is 26.4. The lowest BCUT2D eigenvalue weighted by molar-refractivity contribution is 0.103. The number of imidazole rings is 1. The monoisotopic (exact) mass is 135 g/mol. The molecule has 0 aliphatic rings. The average Bonchev–Trinajstić information content (AvgIpc) is 2.38. The van der Waals surface area contributed by atoms with Crippen LogP contribution < -0.4 is 0 Å². The van der Waals surface area contributed by atoms with Gasteiger partial charge in [0.05, 0.1) is 0 Å². The van der Waals surface area contributed by atoms with Gasteiger partial charge in [-0.25, -0.2) is 9.78 Å². The first-order valence-electron chi connectivity index (χ1n) is 2.51. The van der Waals surface area contributed by atoms with Gasteiger partial charge in [0.25, 0.3) is 0 Å². The Hall–Kier alpha value is -1.67. The number of nitrogens with one attached hydrogen (secondary N) is 1. The molecule has 0 spiro atoms. The Balaban J connectivity index is 2.87. The summed E-state index contributed by atoms with van der Waals surface area (Å²) in [5.41, 5.74) is 0. The van der Waals surface area contributed by atoms with Crippen LogP contribution in [0, 0.1) is 6.08 Å². The van der Waals surface area contributed by atoms with Gasteiger partial charge >= 0.3 is 0 Å². The van der Waals surface area contributed by atoms with Crippen LogP contribution in [0.2, 0.25) is 0 Å². The number of H-pyrrole nitrogens is 1. The van der Waals surface area contributed by atoms with E-state index in [9.17, 15) is 9.59 Å². The number of carbonyl (C=O) groups is 1. The minimum absolute atomic E-state index is 0.100. The molecule has 0 atom stereocenters. The first-order valence-corrected chi connectivity index (χ1v) is 2.51. The van der Waals surface area contributed by atoms with Crippen LogP contribution in [0.4, 0.5) is 0 Å². The normalized spacial score (nSPS) is 8.40. The number of aromatic nitrogens is 2. The number of hydrogen-bond donors (Lipinski definition) is 1. The number of aromatic amines is 1. The van der Waals surface area contributed by atoms with E-state index in [2.05, 4.69) is 9.97 Å². The maximum Gasteiger partial charge on any atom is 0.240 e. The molecule has 49 valence electrons. The van der Waals surface area contributed by atoms with Gasteiger partial charge in [0.1, 0.15) is 12.0 Å². The van der Waals surface area contributed by atoms with Crippen molar-refractivity contribution in [2.75, 3.05) is 0 Å². The zero-order valence-corrected chi connectivity index (χ0v) is 4.92. The summed E-state index contributed by atoms with van der Waals surface area (Å²) in [6.07, 6.45) is 4.71. The zero-order chi connectivity index (χ0) is 7.40. The Bertz CT molecular complexity index is 270. The lowest BCUT2D eigenvalue weighted by Crippen LogP contribution is -1.97. The SMILES string of the molecule is O=C=[C]C(=O)c1ncc[nH]1. The molecule has 0 aromatic carbocycles.